The van der Waals surface area contributed by atoms with Crippen molar-refractivity contribution in [2.75, 3.05) is 18.6 Å². The number of fused-ring (bicyclic) bond motifs is 1. The van der Waals surface area contributed by atoms with Crippen molar-refractivity contribution < 1.29 is 13.2 Å². The van der Waals surface area contributed by atoms with Crippen LogP contribution in [0, 0.1) is 5.92 Å². The first kappa shape index (κ1) is 15.0. The molecule has 2 heterocycles. The SMILES string of the molecule is C[C@@H]1CCc2sc(C(=O)N(C)[C@H]3CCS(=O)(=O)C3)cc2C1. The van der Waals surface area contributed by atoms with Crippen molar-refractivity contribution in [3.63, 3.8) is 0 Å². The molecule has 0 N–H and O–H groups in total. The zero-order valence-corrected chi connectivity index (χ0v) is 14.1. The summed E-state index contributed by atoms with van der Waals surface area (Å²) in [7, 11) is -1.22. The second kappa shape index (κ2) is 5.39. The zero-order valence-electron chi connectivity index (χ0n) is 12.5. The minimum absolute atomic E-state index is 0.0239. The average molecular weight is 327 g/mol. The molecule has 0 aromatic carbocycles. The van der Waals surface area contributed by atoms with E-state index in [0.717, 1.165) is 17.7 Å². The molecule has 0 saturated carbocycles. The van der Waals surface area contributed by atoms with Crippen LogP contribution in [-0.2, 0) is 22.7 Å². The van der Waals surface area contributed by atoms with E-state index in [1.165, 1.54) is 16.9 Å². The molecule has 0 bridgehead atoms. The second-order valence-electron chi connectivity index (χ2n) is 6.38. The molecule has 3 rings (SSSR count). The highest BCUT2D eigenvalue weighted by molar-refractivity contribution is 7.91. The molecule has 2 atom stereocenters. The number of hydrogen-bond donors (Lipinski definition) is 0. The van der Waals surface area contributed by atoms with Crippen LogP contribution in [0.15, 0.2) is 6.07 Å². The van der Waals surface area contributed by atoms with Crippen LogP contribution in [0.3, 0.4) is 0 Å². The van der Waals surface area contributed by atoms with E-state index in [4.69, 9.17) is 0 Å². The number of amides is 1. The van der Waals surface area contributed by atoms with Gasteiger partial charge in [-0.15, -0.1) is 11.3 Å². The van der Waals surface area contributed by atoms with Gasteiger partial charge in [-0.1, -0.05) is 6.92 Å². The van der Waals surface area contributed by atoms with Gasteiger partial charge in [-0.05, 0) is 43.2 Å². The molecular formula is C15H21NO3S2. The smallest absolute Gasteiger partial charge is 0.263 e. The maximum absolute atomic E-state index is 12.6. The Morgan fingerprint density at radius 2 is 2.14 bits per heavy atom. The fourth-order valence-corrected chi connectivity index (χ4v) is 6.20. The van der Waals surface area contributed by atoms with Crippen molar-refractivity contribution in [1.82, 2.24) is 4.90 Å². The Morgan fingerprint density at radius 3 is 2.81 bits per heavy atom. The molecule has 21 heavy (non-hydrogen) atoms. The largest absolute Gasteiger partial charge is 0.337 e. The number of carbonyl (C=O) groups excluding carboxylic acids is 1. The minimum atomic E-state index is -2.96. The number of carbonyl (C=O) groups is 1. The number of sulfone groups is 1. The first-order valence-corrected chi connectivity index (χ1v) is 10.1. The van der Waals surface area contributed by atoms with Gasteiger partial charge >= 0.3 is 0 Å². The third-order valence-electron chi connectivity index (χ3n) is 4.62. The van der Waals surface area contributed by atoms with Gasteiger partial charge in [0.1, 0.15) is 0 Å². The van der Waals surface area contributed by atoms with Crippen molar-refractivity contribution in [2.45, 2.75) is 38.6 Å². The van der Waals surface area contributed by atoms with E-state index in [1.54, 1.807) is 23.3 Å². The van der Waals surface area contributed by atoms with E-state index < -0.39 is 9.84 Å². The van der Waals surface area contributed by atoms with Gasteiger partial charge in [0, 0.05) is 18.0 Å². The highest BCUT2D eigenvalue weighted by Gasteiger charge is 2.33. The molecule has 0 radical (unpaired) electrons. The van der Waals surface area contributed by atoms with Crippen LogP contribution in [0.4, 0.5) is 0 Å². The van der Waals surface area contributed by atoms with Gasteiger partial charge in [0.25, 0.3) is 5.91 Å². The highest BCUT2D eigenvalue weighted by Crippen LogP contribution is 2.33. The lowest BCUT2D eigenvalue weighted by molar-refractivity contribution is 0.0752. The fraction of sp³-hybridized carbons (Fsp3) is 0.667. The Balaban J connectivity index is 1.76. The van der Waals surface area contributed by atoms with Crippen LogP contribution >= 0.6 is 11.3 Å². The van der Waals surface area contributed by atoms with Gasteiger partial charge in [-0.2, -0.15) is 0 Å². The summed E-state index contributed by atoms with van der Waals surface area (Å²) >= 11 is 1.59. The Kier molecular flexibility index (Phi) is 3.86. The summed E-state index contributed by atoms with van der Waals surface area (Å²) in [5.74, 6) is 0.974. The number of nitrogens with zero attached hydrogens (tertiary/aromatic N) is 1. The lowest BCUT2D eigenvalue weighted by Crippen LogP contribution is -2.37. The molecule has 0 spiro atoms. The molecule has 1 aliphatic heterocycles. The monoisotopic (exact) mass is 327 g/mol. The van der Waals surface area contributed by atoms with Gasteiger partial charge in [0.15, 0.2) is 9.84 Å². The molecule has 1 amide bonds. The predicted molar refractivity (Wildman–Crippen MR) is 84.7 cm³/mol. The van der Waals surface area contributed by atoms with Gasteiger partial charge in [-0.3, -0.25) is 4.79 Å². The summed E-state index contributed by atoms with van der Waals surface area (Å²) in [6.07, 6.45) is 3.88. The molecule has 2 aliphatic rings. The minimum Gasteiger partial charge on any atom is -0.337 e. The Labute approximate surface area is 130 Å². The Bertz CT molecular complexity index is 662. The second-order valence-corrected chi connectivity index (χ2v) is 9.75. The van der Waals surface area contributed by atoms with E-state index >= 15 is 0 Å². The van der Waals surface area contributed by atoms with Crippen molar-refractivity contribution >= 4 is 27.1 Å². The van der Waals surface area contributed by atoms with E-state index in [-0.39, 0.29) is 23.5 Å². The quantitative estimate of drug-likeness (QED) is 0.836. The molecule has 6 heteroatoms. The van der Waals surface area contributed by atoms with E-state index in [2.05, 4.69) is 6.92 Å². The Morgan fingerprint density at radius 1 is 1.38 bits per heavy atom. The van der Waals surface area contributed by atoms with Crippen LogP contribution in [-0.4, -0.2) is 43.8 Å². The van der Waals surface area contributed by atoms with Gasteiger partial charge < -0.3 is 4.90 Å². The van der Waals surface area contributed by atoms with Crippen LogP contribution in [0.1, 0.15) is 39.9 Å². The normalized spacial score (nSPS) is 27.3. The first-order valence-electron chi connectivity index (χ1n) is 7.45. The van der Waals surface area contributed by atoms with Crippen LogP contribution < -0.4 is 0 Å². The topological polar surface area (TPSA) is 54.5 Å². The van der Waals surface area contributed by atoms with Crippen LogP contribution in [0.5, 0.6) is 0 Å². The standard InChI is InChI=1S/C15H21NO3S2/c1-10-3-4-13-11(7-10)8-14(20-13)15(17)16(2)12-5-6-21(18,19)9-12/h8,10,12H,3-7,9H2,1-2H3/t10-,12+/m1/s1. The molecule has 4 nitrogen and oxygen atoms in total. The van der Waals surface area contributed by atoms with Crippen molar-refractivity contribution in [3.05, 3.63) is 21.4 Å². The van der Waals surface area contributed by atoms with Crippen LogP contribution in [0.2, 0.25) is 0 Å². The average Bonchev–Trinajstić information content (AvgIpc) is 2.99. The van der Waals surface area contributed by atoms with Crippen molar-refractivity contribution in [2.24, 2.45) is 5.92 Å². The Hall–Kier alpha value is -0.880. The van der Waals surface area contributed by atoms with Crippen LogP contribution in [0.25, 0.3) is 0 Å². The fourth-order valence-electron chi connectivity index (χ4n) is 3.23. The third kappa shape index (κ3) is 3.01. The first-order chi connectivity index (χ1) is 9.85. The summed E-state index contributed by atoms with van der Waals surface area (Å²) in [5, 5.41) is 0. The predicted octanol–water partition coefficient (Wildman–Crippen LogP) is 2.13. The third-order valence-corrected chi connectivity index (χ3v) is 7.59. The lowest BCUT2D eigenvalue weighted by Gasteiger charge is -2.22. The number of aryl methyl sites for hydroxylation is 1. The summed E-state index contributed by atoms with van der Waals surface area (Å²) in [6.45, 7) is 2.25. The van der Waals surface area contributed by atoms with Crippen molar-refractivity contribution in [3.8, 4) is 0 Å². The molecular weight excluding hydrogens is 306 g/mol. The summed E-state index contributed by atoms with van der Waals surface area (Å²) < 4.78 is 23.1. The molecule has 1 fully saturated rings. The number of rotatable bonds is 2. The van der Waals surface area contributed by atoms with Gasteiger partial charge in [0.05, 0.1) is 16.4 Å². The van der Waals surface area contributed by atoms with Gasteiger partial charge in [-0.25, -0.2) is 8.42 Å². The van der Waals surface area contributed by atoms with Gasteiger partial charge in [0.2, 0.25) is 0 Å². The zero-order chi connectivity index (χ0) is 15.2. The van der Waals surface area contributed by atoms with E-state index in [9.17, 15) is 13.2 Å². The number of thiophene rings is 1. The molecule has 1 aromatic heterocycles. The summed E-state index contributed by atoms with van der Waals surface area (Å²) in [4.78, 5) is 16.3. The maximum Gasteiger partial charge on any atom is 0.263 e. The van der Waals surface area contributed by atoms with Crippen molar-refractivity contribution in [1.29, 1.82) is 0 Å². The van der Waals surface area contributed by atoms with E-state index in [1.807, 2.05) is 6.07 Å². The molecule has 0 unspecified atom stereocenters. The maximum atomic E-state index is 12.6. The lowest BCUT2D eigenvalue weighted by atomic mass is 9.90. The number of hydrogen-bond acceptors (Lipinski definition) is 4. The molecule has 116 valence electrons. The summed E-state index contributed by atoms with van der Waals surface area (Å²) in [5.41, 5.74) is 1.31. The molecule has 1 saturated heterocycles. The highest BCUT2D eigenvalue weighted by atomic mass is 32.2. The summed E-state index contributed by atoms with van der Waals surface area (Å²) in [6, 6.07) is 1.86. The molecule has 1 aromatic rings. The van der Waals surface area contributed by atoms with E-state index in [0.29, 0.717) is 12.3 Å². The molecule has 1 aliphatic carbocycles.